The molecule has 1 aromatic rings. The molecule has 1 rings (SSSR count). The van der Waals surface area contributed by atoms with Gasteiger partial charge in [0, 0.05) is 5.56 Å². The highest BCUT2D eigenvalue weighted by atomic mass is 32.2. The van der Waals surface area contributed by atoms with Crippen molar-refractivity contribution in [2.45, 2.75) is 0 Å². The van der Waals surface area contributed by atoms with Gasteiger partial charge in [-0.3, -0.25) is 4.79 Å². The maximum Gasteiger partial charge on any atom is 0.177 e. The molecule has 92 valence electrons. The minimum Gasteiger partial charge on any atom is -0.497 e. The minimum atomic E-state index is -3.39. The summed E-state index contributed by atoms with van der Waals surface area (Å²) in [4.78, 5) is 11.7. The molecule has 0 fully saturated rings. The first kappa shape index (κ1) is 13.4. The third-order valence-corrected chi connectivity index (χ3v) is 3.58. The van der Waals surface area contributed by atoms with E-state index in [4.69, 9.17) is 4.74 Å². The summed E-state index contributed by atoms with van der Waals surface area (Å²) in [6.45, 7) is 3.34. The zero-order valence-electron chi connectivity index (χ0n) is 9.55. The fraction of sp³-hybridized carbons (Fsp3) is 0.250. The molecule has 0 heterocycles. The van der Waals surface area contributed by atoms with Crippen LogP contribution in [0.25, 0.3) is 0 Å². The first-order chi connectivity index (χ1) is 7.98. The molecule has 0 amide bonds. The summed E-state index contributed by atoms with van der Waals surface area (Å²) in [5.74, 6) is -0.481. The van der Waals surface area contributed by atoms with E-state index < -0.39 is 21.4 Å². The van der Waals surface area contributed by atoms with Gasteiger partial charge >= 0.3 is 0 Å². The second-order valence-corrected chi connectivity index (χ2v) is 5.60. The van der Waals surface area contributed by atoms with Crippen molar-refractivity contribution in [3.05, 3.63) is 42.5 Å². The van der Waals surface area contributed by atoms with Crippen LogP contribution >= 0.6 is 0 Å². The molecule has 0 saturated heterocycles. The van der Waals surface area contributed by atoms with E-state index in [0.29, 0.717) is 11.3 Å². The maximum absolute atomic E-state index is 11.7. The number of benzene rings is 1. The van der Waals surface area contributed by atoms with Gasteiger partial charge in [-0.25, -0.2) is 8.42 Å². The number of methoxy groups -OCH3 is 1. The summed E-state index contributed by atoms with van der Waals surface area (Å²) in [6.07, 6.45) is 1.27. The lowest BCUT2D eigenvalue weighted by Gasteiger charge is -2.03. The molecule has 0 bridgehead atoms. The fourth-order valence-corrected chi connectivity index (χ4v) is 2.34. The molecule has 0 spiro atoms. The van der Waals surface area contributed by atoms with Gasteiger partial charge in [-0.2, -0.15) is 0 Å². The third-order valence-electron chi connectivity index (χ3n) is 2.13. The molecule has 1 aromatic carbocycles. The van der Waals surface area contributed by atoms with Crippen molar-refractivity contribution in [2.75, 3.05) is 18.6 Å². The average Bonchev–Trinajstić information content (AvgIpc) is 2.28. The molecule has 0 saturated carbocycles. The van der Waals surface area contributed by atoms with E-state index in [1.54, 1.807) is 24.3 Å². The van der Waals surface area contributed by atoms with E-state index in [2.05, 4.69) is 6.58 Å². The van der Waals surface area contributed by atoms with E-state index in [0.717, 1.165) is 0 Å². The number of carbonyl (C=O) groups excluding carboxylic acids is 1. The highest BCUT2D eigenvalue weighted by Gasteiger charge is 2.16. The molecular formula is C12H14O4S. The summed E-state index contributed by atoms with van der Waals surface area (Å²) in [6, 6.07) is 6.33. The number of carbonyl (C=O) groups is 1. The molecule has 5 heteroatoms. The first-order valence-electron chi connectivity index (χ1n) is 4.97. The Kier molecular flexibility index (Phi) is 4.45. The van der Waals surface area contributed by atoms with Crippen LogP contribution in [-0.2, 0) is 9.84 Å². The molecule has 0 aromatic heterocycles. The summed E-state index contributed by atoms with van der Waals surface area (Å²) in [5, 5.41) is 0. The van der Waals surface area contributed by atoms with Crippen LogP contribution in [-0.4, -0.2) is 32.8 Å². The molecule has 17 heavy (non-hydrogen) atoms. The number of sulfone groups is 1. The summed E-state index contributed by atoms with van der Waals surface area (Å²) < 4.78 is 27.8. The smallest absolute Gasteiger partial charge is 0.177 e. The lowest BCUT2D eigenvalue weighted by Crippen LogP contribution is -2.18. The van der Waals surface area contributed by atoms with Crippen molar-refractivity contribution in [3.63, 3.8) is 0 Å². The van der Waals surface area contributed by atoms with Gasteiger partial charge in [-0.15, -0.1) is 6.58 Å². The number of ketones is 1. The Morgan fingerprint density at radius 1 is 1.35 bits per heavy atom. The van der Waals surface area contributed by atoms with Crippen LogP contribution in [0.3, 0.4) is 0 Å². The lowest BCUT2D eigenvalue weighted by atomic mass is 10.1. The fourth-order valence-electron chi connectivity index (χ4n) is 1.30. The van der Waals surface area contributed by atoms with Gasteiger partial charge in [-0.05, 0) is 24.3 Å². The molecular weight excluding hydrogens is 240 g/mol. The average molecular weight is 254 g/mol. The Morgan fingerprint density at radius 3 is 2.41 bits per heavy atom. The maximum atomic E-state index is 11.7. The molecule has 0 radical (unpaired) electrons. The highest BCUT2D eigenvalue weighted by Crippen LogP contribution is 2.12. The number of hydrogen-bond donors (Lipinski definition) is 0. The van der Waals surface area contributed by atoms with E-state index >= 15 is 0 Å². The van der Waals surface area contributed by atoms with E-state index in [1.807, 2.05) is 0 Å². The van der Waals surface area contributed by atoms with Gasteiger partial charge in [0.2, 0.25) is 0 Å². The van der Waals surface area contributed by atoms with Gasteiger partial charge < -0.3 is 4.74 Å². The first-order valence-corrected chi connectivity index (χ1v) is 6.79. The predicted octanol–water partition coefficient (Wildman–Crippen LogP) is 1.48. The molecule has 0 aliphatic carbocycles. The Balaban J connectivity index is 2.79. The second kappa shape index (κ2) is 5.63. The van der Waals surface area contributed by atoms with Gasteiger partial charge in [-0.1, -0.05) is 6.08 Å². The molecule has 0 aliphatic rings. The Morgan fingerprint density at radius 2 is 1.94 bits per heavy atom. The second-order valence-electron chi connectivity index (χ2n) is 3.49. The normalized spacial score (nSPS) is 10.9. The van der Waals surface area contributed by atoms with Crippen molar-refractivity contribution in [3.8, 4) is 5.75 Å². The molecule has 0 unspecified atom stereocenters. The SMILES string of the molecule is C=CCS(=O)(=O)CC(=O)c1ccc(OC)cc1. The monoisotopic (exact) mass is 254 g/mol. The van der Waals surface area contributed by atoms with Crippen molar-refractivity contribution < 1.29 is 17.9 Å². The van der Waals surface area contributed by atoms with Crippen LogP contribution in [0.4, 0.5) is 0 Å². The van der Waals surface area contributed by atoms with Gasteiger partial charge in [0.25, 0.3) is 0 Å². The highest BCUT2D eigenvalue weighted by molar-refractivity contribution is 7.92. The zero-order chi connectivity index (χ0) is 12.9. The van der Waals surface area contributed by atoms with Crippen LogP contribution < -0.4 is 4.74 Å². The summed E-state index contributed by atoms with van der Waals surface area (Å²) in [7, 11) is -1.87. The van der Waals surface area contributed by atoms with E-state index in [-0.39, 0.29) is 5.75 Å². The van der Waals surface area contributed by atoms with Crippen LogP contribution in [0, 0.1) is 0 Å². The standard InChI is InChI=1S/C12H14O4S/c1-3-8-17(14,15)9-12(13)10-4-6-11(16-2)7-5-10/h3-7H,1,8-9H2,2H3. The van der Waals surface area contributed by atoms with Gasteiger partial charge in [0.15, 0.2) is 15.6 Å². The van der Waals surface area contributed by atoms with Crippen LogP contribution in [0.1, 0.15) is 10.4 Å². The van der Waals surface area contributed by atoms with Crippen LogP contribution in [0.5, 0.6) is 5.75 Å². The van der Waals surface area contributed by atoms with Crippen LogP contribution in [0.2, 0.25) is 0 Å². The molecule has 0 aliphatic heterocycles. The van der Waals surface area contributed by atoms with Crippen molar-refractivity contribution in [1.29, 1.82) is 0 Å². The number of hydrogen-bond acceptors (Lipinski definition) is 4. The van der Waals surface area contributed by atoms with E-state index in [9.17, 15) is 13.2 Å². The largest absolute Gasteiger partial charge is 0.497 e. The van der Waals surface area contributed by atoms with Crippen LogP contribution in [0.15, 0.2) is 36.9 Å². The Hall–Kier alpha value is -1.62. The number of Topliss-reactive ketones (excluding diaryl/α,β-unsaturated/α-hetero) is 1. The van der Waals surface area contributed by atoms with Crippen molar-refractivity contribution in [2.24, 2.45) is 0 Å². The predicted molar refractivity (Wildman–Crippen MR) is 66.2 cm³/mol. The van der Waals surface area contributed by atoms with Crippen molar-refractivity contribution >= 4 is 15.6 Å². The lowest BCUT2D eigenvalue weighted by molar-refractivity contribution is 0.102. The zero-order valence-corrected chi connectivity index (χ0v) is 10.4. The number of ether oxygens (including phenoxy) is 1. The van der Waals surface area contributed by atoms with Crippen molar-refractivity contribution in [1.82, 2.24) is 0 Å². The van der Waals surface area contributed by atoms with Gasteiger partial charge in [0.05, 0.1) is 12.9 Å². The molecule has 4 nitrogen and oxygen atoms in total. The minimum absolute atomic E-state index is 0.186. The topological polar surface area (TPSA) is 60.4 Å². The third kappa shape index (κ3) is 4.03. The summed E-state index contributed by atoms with van der Waals surface area (Å²) in [5.41, 5.74) is 0.360. The Labute approximate surface area is 101 Å². The molecule has 0 atom stereocenters. The summed E-state index contributed by atoms with van der Waals surface area (Å²) >= 11 is 0. The number of rotatable bonds is 6. The Bertz CT molecular complexity index is 500. The quantitative estimate of drug-likeness (QED) is 0.570. The molecule has 0 N–H and O–H groups in total. The van der Waals surface area contributed by atoms with E-state index in [1.165, 1.54) is 13.2 Å². The van der Waals surface area contributed by atoms with Gasteiger partial charge in [0.1, 0.15) is 11.5 Å².